The van der Waals surface area contributed by atoms with Crippen LogP contribution in [0.25, 0.3) is 22.3 Å². The van der Waals surface area contributed by atoms with E-state index in [-0.39, 0.29) is 17.5 Å². The van der Waals surface area contributed by atoms with Crippen LogP contribution in [0.5, 0.6) is 0 Å². The Morgan fingerprint density at radius 1 is 1.03 bits per heavy atom. The maximum Gasteiger partial charge on any atom is 0.278 e. The molecule has 0 saturated carbocycles. The molecule has 7 nitrogen and oxygen atoms in total. The summed E-state index contributed by atoms with van der Waals surface area (Å²) in [7, 11) is 0. The molecule has 0 unspecified atom stereocenters. The van der Waals surface area contributed by atoms with Gasteiger partial charge in [-0.05, 0) is 55.8 Å². The Morgan fingerprint density at radius 3 is 2.51 bits per heavy atom. The van der Waals surface area contributed by atoms with Gasteiger partial charge in [-0.2, -0.15) is 0 Å². The fourth-order valence-corrected chi connectivity index (χ4v) is 4.26. The van der Waals surface area contributed by atoms with Crippen molar-refractivity contribution < 1.29 is 9.59 Å². The molecule has 1 heterocycles. The van der Waals surface area contributed by atoms with E-state index in [9.17, 15) is 14.4 Å². The fraction of sp³-hybridized carbons (Fsp3) is 0.185. The van der Waals surface area contributed by atoms with Gasteiger partial charge >= 0.3 is 0 Å². The molecule has 4 rings (SSSR count). The van der Waals surface area contributed by atoms with Crippen molar-refractivity contribution >= 4 is 45.8 Å². The quantitative estimate of drug-likeness (QED) is 0.371. The van der Waals surface area contributed by atoms with Gasteiger partial charge in [-0.3, -0.25) is 19.0 Å². The summed E-state index contributed by atoms with van der Waals surface area (Å²) in [4.78, 5) is 43.8. The van der Waals surface area contributed by atoms with Gasteiger partial charge in [0.25, 0.3) is 5.56 Å². The van der Waals surface area contributed by atoms with Crippen LogP contribution in [-0.2, 0) is 9.59 Å². The molecule has 0 spiro atoms. The number of carbonyl (C=O) groups is 2. The Morgan fingerprint density at radius 2 is 1.80 bits per heavy atom. The summed E-state index contributed by atoms with van der Waals surface area (Å²) in [5.41, 5.74) is 3.26. The monoisotopic (exact) mass is 488 g/mol. The summed E-state index contributed by atoms with van der Waals surface area (Å²) in [6.07, 6.45) is 0.367. The fourth-order valence-electron chi connectivity index (χ4n) is 4.07. The first-order valence-corrected chi connectivity index (χ1v) is 11.6. The largest absolute Gasteiger partial charge is 0.326 e. The highest BCUT2D eigenvalue weighted by atomic mass is 35.5. The number of hydrogen-bond acceptors (Lipinski definition) is 4. The second-order valence-electron chi connectivity index (χ2n) is 8.28. The summed E-state index contributed by atoms with van der Waals surface area (Å²) in [6.45, 7) is 5.15. The molecule has 2 N–H and O–H groups in total. The van der Waals surface area contributed by atoms with Crippen molar-refractivity contribution in [2.24, 2.45) is 0 Å². The van der Waals surface area contributed by atoms with E-state index in [1.54, 1.807) is 54.6 Å². The van der Waals surface area contributed by atoms with E-state index in [0.29, 0.717) is 39.4 Å². The summed E-state index contributed by atoms with van der Waals surface area (Å²) >= 11 is 6.07. The van der Waals surface area contributed by atoms with E-state index >= 15 is 0 Å². The van der Waals surface area contributed by atoms with Crippen molar-refractivity contribution in [2.45, 2.75) is 33.2 Å². The summed E-state index contributed by atoms with van der Waals surface area (Å²) in [6, 6.07) is 18.6. The van der Waals surface area contributed by atoms with Gasteiger partial charge < -0.3 is 10.6 Å². The summed E-state index contributed by atoms with van der Waals surface area (Å²) in [5.74, 6) is -0.603. The molecule has 1 aromatic heterocycles. The van der Waals surface area contributed by atoms with Crippen LogP contribution in [0.15, 0.2) is 71.5 Å². The van der Waals surface area contributed by atoms with Crippen LogP contribution in [0.1, 0.15) is 31.9 Å². The first-order chi connectivity index (χ1) is 16.8. The average molecular weight is 489 g/mol. The molecule has 2 amide bonds. The zero-order valence-corrected chi connectivity index (χ0v) is 20.4. The average Bonchev–Trinajstić information content (AvgIpc) is 2.81. The molecule has 0 aliphatic carbocycles. The maximum atomic E-state index is 13.9. The van der Waals surface area contributed by atoms with Crippen LogP contribution in [0.2, 0.25) is 5.02 Å². The standard InChI is InChI=1S/C27H25ClN4O3/c1-4-23(26(34)30-19-9-7-8-18(28)15-19)32-24-11-6-5-10-22(24)31-25(27(32)35)20-14-16(2)12-13-21(20)29-17(3)33/h5-15,23H,4H2,1-3H3,(H,29,33)(H,30,34)/t23-/m0/s1. The first-order valence-electron chi connectivity index (χ1n) is 11.2. The lowest BCUT2D eigenvalue weighted by atomic mass is 10.0. The molecule has 178 valence electrons. The van der Waals surface area contributed by atoms with Gasteiger partial charge in [0.15, 0.2) is 0 Å². The van der Waals surface area contributed by atoms with E-state index in [1.807, 2.05) is 26.0 Å². The lowest BCUT2D eigenvalue weighted by molar-refractivity contribution is -0.119. The predicted molar refractivity (Wildman–Crippen MR) is 140 cm³/mol. The zero-order chi connectivity index (χ0) is 25.1. The molecular weight excluding hydrogens is 464 g/mol. The topological polar surface area (TPSA) is 93.1 Å². The molecule has 0 saturated heterocycles. The van der Waals surface area contributed by atoms with Gasteiger partial charge in [0.05, 0.1) is 16.7 Å². The Bertz CT molecular complexity index is 1500. The number of nitrogens with zero attached hydrogens (tertiary/aromatic N) is 2. The van der Waals surface area contributed by atoms with E-state index in [0.717, 1.165) is 5.56 Å². The Labute approximate surface area is 207 Å². The number of rotatable bonds is 6. The van der Waals surface area contributed by atoms with E-state index < -0.39 is 11.6 Å². The molecule has 35 heavy (non-hydrogen) atoms. The highest BCUT2D eigenvalue weighted by Gasteiger charge is 2.25. The Kier molecular flexibility index (Phi) is 6.98. The van der Waals surface area contributed by atoms with Gasteiger partial charge in [0.2, 0.25) is 11.8 Å². The van der Waals surface area contributed by atoms with E-state index in [4.69, 9.17) is 11.6 Å². The highest BCUT2D eigenvalue weighted by molar-refractivity contribution is 6.30. The van der Waals surface area contributed by atoms with Gasteiger partial charge in [0.1, 0.15) is 11.7 Å². The second kappa shape index (κ2) is 10.1. The van der Waals surface area contributed by atoms with Crippen LogP contribution < -0.4 is 16.2 Å². The first kappa shape index (κ1) is 24.2. The predicted octanol–water partition coefficient (Wildman–Crippen LogP) is 5.57. The zero-order valence-electron chi connectivity index (χ0n) is 19.6. The minimum Gasteiger partial charge on any atom is -0.326 e. The maximum absolute atomic E-state index is 13.9. The van der Waals surface area contributed by atoms with Gasteiger partial charge in [0, 0.05) is 23.2 Å². The third-order valence-electron chi connectivity index (χ3n) is 5.63. The number of fused-ring (bicyclic) bond motifs is 1. The number of nitrogens with one attached hydrogen (secondary N) is 2. The number of hydrogen-bond donors (Lipinski definition) is 2. The minimum absolute atomic E-state index is 0.158. The molecule has 3 aromatic carbocycles. The number of aromatic nitrogens is 2. The second-order valence-corrected chi connectivity index (χ2v) is 8.71. The van der Waals surface area contributed by atoms with Crippen molar-refractivity contribution in [1.29, 1.82) is 0 Å². The molecule has 4 aromatic rings. The number of amides is 2. The van der Waals surface area contributed by atoms with E-state index in [1.165, 1.54) is 11.5 Å². The SMILES string of the molecule is CC[C@@H](C(=O)Nc1cccc(Cl)c1)n1c(=O)c(-c2cc(C)ccc2NC(C)=O)nc2ccccc21. The Balaban J connectivity index is 1.91. The molecule has 0 bridgehead atoms. The number of aryl methyl sites for hydroxylation is 1. The number of anilines is 2. The van der Waals surface area contributed by atoms with Crippen LogP contribution in [0.4, 0.5) is 11.4 Å². The third-order valence-corrected chi connectivity index (χ3v) is 5.86. The normalized spacial score (nSPS) is 11.8. The number of halogens is 1. The molecule has 0 radical (unpaired) electrons. The highest BCUT2D eigenvalue weighted by Crippen LogP contribution is 2.29. The van der Waals surface area contributed by atoms with E-state index in [2.05, 4.69) is 15.6 Å². The third kappa shape index (κ3) is 5.10. The lowest BCUT2D eigenvalue weighted by Gasteiger charge is -2.21. The van der Waals surface area contributed by atoms with Crippen molar-refractivity contribution in [3.05, 3.63) is 87.7 Å². The molecule has 0 aliphatic heterocycles. The van der Waals surface area contributed by atoms with Crippen LogP contribution >= 0.6 is 11.6 Å². The van der Waals surface area contributed by atoms with Crippen molar-refractivity contribution in [1.82, 2.24) is 9.55 Å². The molecular formula is C27H25ClN4O3. The number of carbonyl (C=O) groups excluding carboxylic acids is 2. The van der Waals surface area contributed by atoms with Gasteiger partial charge in [-0.25, -0.2) is 4.98 Å². The molecule has 0 aliphatic rings. The molecule has 0 fully saturated rings. The van der Waals surface area contributed by atoms with Crippen molar-refractivity contribution in [3.63, 3.8) is 0 Å². The summed E-state index contributed by atoms with van der Waals surface area (Å²) in [5, 5.41) is 6.14. The number of benzene rings is 3. The smallest absolute Gasteiger partial charge is 0.278 e. The molecule has 1 atom stereocenters. The number of para-hydroxylation sites is 2. The Hall–Kier alpha value is -3.97. The lowest BCUT2D eigenvalue weighted by Crippen LogP contribution is -2.34. The van der Waals surface area contributed by atoms with Crippen LogP contribution in [0.3, 0.4) is 0 Å². The summed E-state index contributed by atoms with van der Waals surface area (Å²) < 4.78 is 1.48. The van der Waals surface area contributed by atoms with Crippen LogP contribution in [-0.4, -0.2) is 21.4 Å². The van der Waals surface area contributed by atoms with Crippen molar-refractivity contribution in [3.8, 4) is 11.3 Å². The molecule has 8 heteroatoms. The van der Waals surface area contributed by atoms with Gasteiger partial charge in [-0.15, -0.1) is 0 Å². The van der Waals surface area contributed by atoms with Crippen molar-refractivity contribution in [2.75, 3.05) is 10.6 Å². The minimum atomic E-state index is -0.804. The van der Waals surface area contributed by atoms with Crippen LogP contribution in [0, 0.1) is 6.92 Å². The van der Waals surface area contributed by atoms with Gasteiger partial charge in [-0.1, -0.05) is 48.4 Å².